The van der Waals surface area contributed by atoms with Crippen LogP contribution < -0.4 is 0 Å². The Bertz CT molecular complexity index is 719. The van der Waals surface area contributed by atoms with Crippen LogP contribution in [0.4, 0.5) is 0 Å². The number of hydrogen-bond donors (Lipinski definition) is 2. The Kier molecular flexibility index (Phi) is 3.01. The van der Waals surface area contributed by atoms with E-state index in [1.54, 1.807) is 11.1 Å². The summed E-state index contributed by atoms with van der Waals surface area (Å²) in [6, 6.07) is 0. The maximum atomic E-state index is 10.1. The topological polar surface area (TPSA) is 48.9 Å². The molecule has 0 aromatic carbocycles. The van der Waals surface area contributed by atoms with Gasteiger partial charge in [0.1, 0.15) is 0 Å². The molecule has 0 saturated heterocycles. The zero-order chi connectivity index (χ0) is 16.7. The third kappa shape index (κ3) is 1.75. The van der Waals surface area contributed by atoms with Crippen molar-refractivity contribution in [1.82, 2.24) is 10.2 Å². The molecule has 1 aromatic heterocycles. The number of aliphatic hydroxyl groups excluding tert-OH is 1. The van der Waals surface area contributed by atoms with Gasteiger partial charge in [0.2, 0.25) is 0 Å². The van der Waals surface area contributed by atoms with Crippen molar-refractivity contribution in [3.8, 4) is 0 Å². The van der Waals surface area contributed by atoms with Crippen molar-refractivity contribution in [3.05, 3.63) is 28.6 Å². The molecule has 0 bridgehead atoms. The Morgan fingerprint density at radius 3 is 2.75 bits per heavy atom. The molecule has 4 aliphatic carbocycles. The third-order valence-corrected chi connectivity index (χ3v) is 8.47. The Morgan fingerprint density at radius 2 is 1.92 bits per heavy atom. The van der Waals surface area contributed by atoms with Gasteiger partial charge in [-0.05, 0) is 80.5 Å². The fourth-order valence-corrected chi connectivity index (χ4v) is 7.24. The summed E-state index contributed by atoms with van der Waals surface area (Å²) in [6.07, 6.45) is 10.5. The fourth-order valence-electron chi connectivity index (χ4n) is 7.24. The molecule has 5 rings (SSSR count). The quantitative estimate of drug-likeness (QED) is 0.707. The van der Waals surface area contributed by atoms with Gasteiger partial charge in [-0.2, -0.15) is 5.10 Å². The lowest BCUT2D eigenvalue weighted by atomic mass is 9.47. The van der Waals surface area contributed by atoms with Crippen molar-refractivity contribution in [3.63, 3.8) is 0 Å². The lowest BCUT2D eigenvalue weighted by molar-refractivity contribution is -0.0166. The fraction of sp³-hybridized carbons (Fsp3) is 0.762. The summed E-state index contributed by atoms with van der Waals surface area (Å²) in [5.41, 5.74) is 6.42. The summed E-state index contributed by atoms with van der Waals surface area (Å²) >= 11 is 0. The number of allylic oxidation sites excluding steroid dienone is 1. The average molecular weight is 326 g/mol. The van der Waals surface area contributed by atoms with Gasteiger partial charge in [-0.3, -0.25) is 5.10 Å². The van der Waals surface area contributed by atoms with E-state index in [0.29, 0.717) is 10.8 Å². The summed E-state index contributed by atoms with van der Waals surface area (Å²) in [5.74, 6) is 2.35. The number of aromatic nitrogens is 2. The first-order valence-electron chi connectivity index (χ1n) is 9.85. The molecule has 6 atom stereocenters. The van der Waals surface area contributed by atoms with Crippen LogP contribution in [0.1, 0.15) is 69.3 Å². The van der Waals surface area contributed by atoms with Crippen molar-refractivity contribution < 1.29 is 5.11 Å². The van der Waals surface area contributed by atoms with Crippen molar-refractivity contribution >= 4 is 0 Å². The van der Waals surface area contributed by atoms with Crippen LogP contribution in [0.2, 0.25) is 0 Å². The molecule has 0 spiro atoms. The molecular formula is C21H30N2O. The minimum Gasteiger partial charge on any atom is -0.393 e. The van der Waals surface area contributed by atoms with Crippen LogP contribution in [0, 0.1) is 30.1 Å². The molecule has 0 aliphatic heterocycles. The van der Waals surface area contributed by atoms with E-state index in [-0.39, 0.29) is 6.10 Å². The Balaban J connectivity index is 1.54. The van der Waals surface area contributed by atoms with Crippen LogP contribution in [0.25, 0.3) is 0 Å². The normalized spacial score (nSPS) is 46.6. The van der Waals surface area contributed by atoms with Gasteiger partial charge in [0.05, 0.1) is 11.8 Å². The number of fused-ring (bicyclic) bond motifs is 7. The van der Waals surface area contributed by atoms with Gasteiger partial charge in [-0.25, -0.2) is 0 Å². The van der Waals surface area contributed by atoms with Crippen LogP contribution in [-0.4, -0.2) is 21.4 Å². The number of aromatic amines is 1. The third-order valence-electron chi connectivity index (χ3n) is 8.47. The molecule has 24 heavy (non-hydrogen) atoms. The molecule has 1 heterocycles. The monoisotopic (exact) mass is 326 g/mol. The maximum absolute atomic E-state index is 10.1. The van der Waals surface area contributed by atoms with Crippen LogP contribution in [0.5, 0.6) is 0 Å². The predicted octanol–water partition coefficient (Wildman–Crippen LogP) is 4.06. The summed E-state index contributed by atoms with van der Waals surface area (Å²) in [6.45, 7) is 7.21. The lowest BCUT2D eigenvalue weighted by Crippen LogP contribution is -2.51. The standard InChI is InChI=1S/C21H30N2O/c1-12-19-18(23-22-12)11-17-15-5-4-13-10-14(24)6-8-20(13,2)16(15)7-9-21(17,19)3/h4,14-17,24H,5-11H2,1-3H3,(H,22,23)/t14-,15+,16-,17-,20+,21-/m1/s1. The van der Waals surface area contributed by atoms with E-state index in [1.807, 2.05) is 0 Å². The van der Waals surface area contributed by atoms with Gasteiger partial charge in [-0.15, -0.1) is 0 Å². The van der Waals surface area contributed by atoms with Crippen LogP contribution >= 0.6 is 0 Å². The Hall–Kier alpha value is -1.09. The molecule has 0 amide bonds. The van der Waals surface area contributed by atoms with Crippen LogP contribution in [0.3, 0.4) is 0 Å². The number of H-pyrrole nitrogens is 1. The molecule has 130 valence electrons. The van der Waals surface area contributed by atoms with E-state index >= 15 is 0 Å². The summed E-state index contributed by atoms with van der Waals surface area (Å²) in [5, 5.41) is 18.0. The van der Waals surface area contributed by atoms with E-state index in [1.165, 1.54) is 43.5 Å². The smallest absolute Gasteiger partial charge is 0.0665 e. The number of hydrogen-bond acceptors (Lipinski definition) is 2. The molecule has 0 unspecified atom stereocenters. The molecule has 4 aliphatic rings. The molecule has 2 fully saturated rings. The molecular weight excluding hydrogens is 296 g/mol. The van der Waals surface area contributed by atoms with E-state index in [9.17, 15) is 5.11 Å². The maximum Gasteiger partial charge on any atom is 0.0665 e. The number of nitrogens with zero attached hydrogens (tertiary/aromatic N) is 1. The van der Waals surface area contributed by atoms with Gasteiger partial charge >= 0.3 is 0 Å². The Morgan fingerprint density at radius 1 is 1.12 bits per heavy atom. The average Bonchev–Trinajstić information content (AvgIpc) is 3.06. The number of aliphatic hydroxyl groups is 1. The first kappa shape index (κ1) is 15.2. The number of rotatable bonds is 0. The van der Waals surface area contributed by atoms with Crippen molar-refractivity contribution in [2.45, 2.75) is 77.2 Å². The summed E-state index contributed by atoms with van der Waals surface area (Å²) in [4.78, 5) is 0. The highest BCUT2D eigenvalue weighted by Gasteiger charge is 2.58. The van der Waals surface area contributed by atoms with Gasteiger partial charge in [0.15, 0.2) is 0 Å². The highest BCUT2D eigenvalue weighted by molar-refractivity contribution is 5.41. The lowest BCUT2D eigenvalue weighted by Gasteiger charge is -2.57. The SMILES string of the molecule is Cc1[nH]nc2c1[C@]1(C)CC[C@@H]3[C@H](CC=C4C[C@H](O)CC[C@@]43C)[C@H]1C2. The second-order valence-electron chi connectivity index (χ2n) is 9.49. The zero-order valence-corrected chi connectivity index (χ0v) is 15.2. The minimum atomic E-state index is -0.103. The second kappa shape index (κ2) is 4.75. The van der Waals surface area contributed by atoms with Crippen LogP contribution in [0.15, 0.2) is 11.6 Å². The first-order valence-corrected chi connectivity index (χ1v) is 9.85. The summed E-state index contributed by atoms with van der Waals surface area (Å²) in [7, 11) is 0. The molecule has 2 saturated carbocycles. The number of nitrogens with one attached hydrogen (secondary N) is 1. The van der Waals surface area contributed by atoms with Crippen molar-refractivity contribution in [2.75, 3.05) is 0 Å². The molecule has 0 radical (unpaired) electrons. The summed E-state index contributed by atoms with van der Waals surface area (Å²) < 4.78 is 0. The van der Waals surface area contributed by atoms with Crippen molar-refractivity contribution in [1.29, 1.82) is 0 Å². The van der Waals surface area contributed by atoms with E-state index < -0.39 is 0 Å². The highest BCUT2D eigenvalue weighted by Crippen LogP contribution is 2.64. The Labute approximate surface area is 144 Å². The molecule has 3 nitrogen and oxygen atoms in total. The van der Waals surface area contributed by atoms with E-state index in [0.717, 1.165) is 30.6 Å². The molecule has 1 aromatic rings. The van der Waals surface area contributed by atoms with E-state index in [2.05, 4.69) is 37.0 Å². The minimum absolute atomic E-state index is 0.103. The van der Waals surface area contributed by atoms with Gasteiger partial charge in [0, 0.05) is 11.3 Å². The number of aryl methyl sites for hydroxylation is 1. The second-order valence-corrected chi connectivity index (χ2v) is 9.49. The van der Waals surface area contributed by atoms with Crippen LogP contribution in [-0.2, 0) is 11.8 Å². The van der Waals surface area contributed by atoms with Gasteiger partial charge in [-0.1, -0.05) is 25.5 Å². The molecule has 2 N–H and O–H groups in total. The zero-order valence-electron chi connectivity index (χ0n) is 15.2. The van der Waals surface area contributed by atoms with Gasteiger partial charge in [0.25, 0.3) is 0 Å². The molecule has 3 heteroatoms. The predicted molar refractivity (Wildman–Crippen MR) is 94.7 cm³/mol. The largest absolute Gasteiger partial charge is 0.393 e. The highest BCUT2D eigenvalue weighted by atomic mass is 16.3. The van der Waals surface area contributed by atoms with E-state index in [4.69, 9.17) is 0 Å². The first-order chi connectivity index (χ1) is 11.4. The van der Waals surface area contributed by atoms with Crippen molar-refractivity contribution in [2.24, 2.45) is 23.2 Å². The van der Waals surface area contributed by atoms with Gasteiger partial charge < -0.3 is 5.11 Å².